The molecule has 0 radical (unpaired) electrons. The quantitative estimate of drug-likeness (QED) is 0.616. The molecule has 0 bridgehead atoms. The van der Waals surface area contributed by atoms with Crippen molar-refractivity contribution in [2.75, 3.05) is 5.73 Å². The standard InChI is InChI=1S/C16H17BrN6O2/c17-12-13(8-1-3-9(4-2-8)16(24)25)22-15-11(10-5-19-20-6-10)7-21-23(15)14(12)18/h5-9H,1-4,18H2,(H,19,20)(H,24,25)/t8-,9-. The lowest BCUT2D eigenvalue weighted by molar-refractivity contribution is -0.142. The van der Waals surface area contributed by atoms with Gasteiger partial charge in [0.1, 0.15) is 5.82 Å². The molecule has 3 aromatic rings. The maximum absolute atomic E-state index is 11.2. The number of nitrogen functional groups attached to an aromatic ring is 1. The first kappa shape index (κ1) is 16.1. The third-order valence-corrected chi connectivity index (χ3v) is 5.73. The predicted molar refractivity (Wildman–Crippen MR) is 95.0 cm³/mol. The fraction of sp³-hybridized carbons (Fsp3) is 0.375. The van der Waals surface area contributed by atoms with Crippen molar-refractivity contribution in [1.82, 2.24) is 24.8 Å². The number of hydrogen-bond acceptors (Lipinski definition) is 5. The monoisotopic (exact) mass is 404 g/mol. The van der Waals surface area contributed by atoms with Gasteiger partial charge in [-0.15, -0.1) is 0 Å². The minimum Gasteiger partial charge on any atom is -0.481 e. The summed E-state index contributed by atoms with van der Waals surface area (Å²) >= 11 is 3.56. The predicted octanol–water partition coefficient (Wildman–Crippen LogP) is 2.82. The fourth-order valence-electron chi connectivity index (χ4n) is 3.50. The summed E-state index contributed by atoms with van der Waals surface area (Å²) in [6, 6.07) is 0. The molecule has 0 atom stereocenters. The number of aromatic nitrogens is 5. The molecule has 0 amide bonds. The molecular weight excluding hydrogens is 388 g/mol. The van der Waals surface area contributed by atoms with Crippen LogP contribution in [0.2, 0.25) is 0 Å². The van der Waals surface area contributed by atoms with Gasteiger partial charge in [-0.2, -0.15) is 14.7 Å². The van der Waals surface area contributed by atoms with Crippen molar-refractivity contribution >= 4 is 33.4 Å². The van der Waals surface area contributed by atoms with Crippen molar-refractivity contribution in [1.29, 1.82) is 0 Å². The van der Waals surface area contributed by atoms with Crippen LogP contribution in [0.3, 0.4) is 0 Å². The molecule has 8 nitrogen and oxygen atoms in total. The zero-order valence-corrected chi connectivity index (χ0v) is 14.9. The van der Waals surface area contributed by atoms with Gasteiger partial charge in [-0.05, 0) is 41.6 Å². The molecule has 130 valence electrons. The van der Waals surface area contributed by atoms with Gasteiger partial charge in [0.15, 0.2) is 5.65 Å². The maximum atomic E-state index is 11.2. The van der Waals surface area contributed by atoms with E-state index in [1.807, 2.05) is 0 Å². The maximum Gasteiger partial charge on any atom is 0.306 e. The molecule has 4 N–H and O–H groups in total. The van der Waals surface area contributed by atoms with E-state index in [4.69, 9.17) is 10.7 Å². The van der Waals surface area contributed by atoms with Crippen molar-refractivity contribution in [2.45, 2.75) is 31.6 Å². The van der Waals surface area contributed by atoms with Gasteiger partial charge in [0.2, 0.25) is 0 Å². The topological polar surface area (TPSA) is 122 Å². The first-order valence-electron chi connectivity index (χ1n) is 8.10. The number of halogens is 1. The lowest BCUT2D eigenvalue weighted by atomic mass is 9.80. The van der Waals surface area contributed by atoms with E-state index in [9.17, 15) is 9.90 Å². The van der Waals surface area contributed by atoms with Gasteiger partial charge >= 0.3 is 5.97 Å². The molecule has 0 saturated heterocycles. The second kappa shape index (κ2) is 6.14. The lowest BCUT2D eigenvalue weighted by Crippen LogP contribution is -2.21. The summed E-state index contributed by atoms with van der Waals surface area (Å²) in [7, 11) is 0. The average Bonchev–Trinajstić information content (AvgIpc) is 3.27. The molecule has 1 saturated carbocycles. The minimum atomic E-state index is -0.710. The van der Waals surface area contributed by atoms with Crippen molar-refractivity contribution in [3.63, 3.8) is 0 Å². The number of aliphatic carboxylic acids is 1. The molecule has 0 unspecified atom stereocenters. The van der Waals surface area contributed by atoms with E-state index in [0.717, 1.165) is 34.1 Å². The summed E-state index contributed by atoms with van der Waals surface area (Å²) in [5.74, 6) is -0.287. The van der Waals surface area contributed by atoms with Gasteiger partial charge in [-0.25, -0.2) is 4.98 Å². The van der Waals surface area contributed by atoms with E-state index < -0.39 is 5.97 Å². The lowest BCUT2D eigenvalue weighted by Gasteiger charge is -2.26. The molecule has 4 rings (SSSR count). The van der Waals surface area contributed by atoms with Crippen molar-refractivity contribution in [2.24, 2.45) is 5.92 Å². The molecule has 1 aliphatic carbocycles. The van der Waals surface area contributed by atoms with Crippen LogP contribution in [-0.4, -0.2) is 35.9 Å². The Morgan fingerprint density at radius 1 is 1.32 bits per heavy atom. The van der Waals surface area contributed by atoms with E-state index in [-0.39, 0.29) is 11.8 Å². The van der Waals surface area contributed by atoms with Crippen molar-refractivity contribution < 1.29 is 9.90 Å². The first-order chi connectivity index (χ1) is 12.1. The first-order valence-corrected chi connectivity index (χ1v) is 8.90. The second-order valence-electron chi connectivity index (χ2n) is 6.36. The van der Waals surface area contributed by atoms with Crippen LogP contribution in [0.15, 0.2) is 23.1 Å². The van der Waals surface area contributed by atoms with Crippen LogP contribution in [0.4, 0.5) is 5.82 Å². The summed E-state index contributed by atoms with van der Waals surface area (Å²) in [6.07, 6.45) is 8.12. The van der Waals surface area contributed by atoms with Crippen LogP contribution >= 0.6 is 15.9 Å². The van der Waals surface area contributed by atoms with Crippen molar-refractivity contribution in [3.05, 3.63) is 28.8 Å². The number of nitrogens with one attached hydrogen (secondary N) is 1. The van der Waals surface area contributed by atoms with Gasteiger partial charge in [0.25, 0.3) is 0 Å². The summed E-state index contributed by atoms with van der Waals surface area (Å²) in [4.78, 5) is 16.0. The number of aromatic amines is 1. The molecule has 1 aliphatic rings. The Morgan fingerprint density at radius 3 is 2.72 bits per heavy atom. The van der Waals surface area contributed by atoms with E-state index in [0.29, 0.717) is 24.3 Å². The molecule has 9 heteroatoms. The molecule has 1 fully saturated rings. The summed E-state index contributed by atoms with van der Waals surface area (Å²) in [6.45, 7) is 0. The molecule has 0 aromatic carbocycles. The number of nitrogens with two attached hydrogens (primary N) is 1. The number of H-pyrrole nitrogens is 1. The third-order valence-electron chi connectivity index (χ3n) is 4.92. The SMILES string of the molecule is Nc1c(Br)c([C@H]2CC[C@H](C(=O)O)CC2)nc2c(-c3cn[nH]c3)cnn12. The molecule has 3 aromatic heterocycles. The van der Waals surface area contributed by atoms with Crippen LogP contribution in [-0.2, 0) is 4.79 Å². The smallest absolute Gasteiger partial charge is 0.306 e. The highest BCUT2D eigenvalue weighted by Gasteiger charge is 2.30. The largest absolute Gasteiger partial charge is 0.481 e. The van der Waals surface area contributed by atoms with Crippen LogP contribution in [0.5, 0.6) is 0 Å². The number of rotatable bonds is 3. The van der Waals surface area contributed by atoms with Crippen LogP contribution in [0, 0.1) is 5.92 Å². The zero-order chi connectivity index (χ0) is 17.6. The van der Waals surface area contributed by atoms with E-state index in [1.165, 1.54) is 0 Å². The zero-order valence-electron chi connectivity index (χ0n) is 13.3. The Balaban J connectivity index is 1.76. The molecule has 0 aliphatic heterocycles. The highest BCUT2D eigenvalue weighted by molar-refractivity contribution is 9.10. The highest BCUT2D eigenvalue weighted by Crippen LogP contribution is 2.40. The Kier molecular flexibility index (Phi) is 3.95. The summed E-state index contributed by atoms with van der Waals surface area (Å²) in [5.41, 5.74) is 9.56. The Labute approximate surface area is 151 Å². The molecule has 25 heavy (non-hydrogen) atoms. The van der Waals surface area contributed by atoms with Gasteiger partial charge in [-0.1, -0.05) is 0 Å². The highest BCUT2D eigenvalue weighted by atomic mass is 79.9. The second-order valence-corrected chi connectivity index (χ2v) is 7.16. The van der Waals surface area contributed by atoms with E-state index >= 15 is 0 Å². The van der Waals surface area contributed by atoms with Crippen LogP contribution < -0.4 is 5.73 Å². The number of hydrogen-bond donors (Lipinski definition) is 3. The van der Waals surface area contributed by atoms with Gasteiger partial charge < -0.3 is 10.8 Å². The van der Waals surface area contributed by atoms with Gasteiger partial charge in [0.05, 0.1) is 28.5 Å². The average molecular weight is 405 g/mol. The molecular formula is C16H17BrN6O2. The summed E-state index contributed by atoms with van der Waals surface area (Å²) < 4.78 is 2.35. The number of carbonyl (C=O) groups is 1. The minimum absolute atomic E-state index is 0.185. The van der Waals surface area contributed by atoms with E-state index in [2.05, 4.69) is 31.2 Å². The van der Waals surface area contributed by atoms with Gasteiger partial charge in [0, 0.05) is 23.2 Å². The normalized spacial score (nSPS) is 20.8. The van der Waals surface area contributed by atoms with E-state index in [1.54, 1.807) is 23.1 Å². The van der Waals surface area contributed by atoms with Crippen molar-refractivity contribution in [3.8, 4) is 11.1 Å². The Morgan fingerprint density at radius 2 is 2.08 bits per heavy atom. The number of carboxylic acid groups (broad SMARTS) is 1. The van der Waals surface area contributed by atoms with Gasteiger partial charge in [-0.3, -0.25) is 9.89 Å². The van der Waals surface area contributed by atoms with Crippen LogP contribution in [0.25, 0.3) is 16.8 Å². The number of fused-ring (bicyclic) bond motifs is 1. The third kappa shape index (κ3) is 2.68. The molecule has 0 spiro atoms. The number of carboxylic acids is 1. The summed E-state index contributed by atoms with van der Waals surface area (Å²) in [5, 5.41) is 20.3. The number of nitrogens with zero attached hydrogens (tertiary/aromatic N) is 4. The Bertz CT molecular complexity index is 928. The fourth-order valence-corrected chi connectivity index (χ4v) is 4.08. The number of anilines is 1. The van der Waals surface area contributed by atoms with Crippen LogP contribution in [0.1, 0.15) is 37.3 Å². The molecule has 3 heterocycles. The Hall–Kier alpha value is -2.42.